The predicted molar refractivity (Wildman–Crippen MR) is 90.4 cm³/mol. The van der Waals surface area contributed by atoms with Crippen molar-refractivity contribution < 1.29 is 13.2 Å². The van der Waals surface area contributed by atoms with Crippen LogP contribution < -0.4 is 11.1 Å². The first-order chi connectivity index (χ1) is 10.5. The molecule has 2 atom stereocenters. The average molecular weight is 333 g/mol. The summed E-state index contributed by atoms with van der Waals surface area (Å²) in [5.74, 6) is -0.171. The Morgan fingerprint density at radius 3 is 2.32 bits per heavy atom. The fourth-order valence-corrected chi connectivity index (χ4v) is 4.98. The summed E-state index contributed by atoms with van der Waals surface area (Å²) in [6.07, 6.45) is 10.1. The van der Waals surface area contributed by atoms with Crippen molar-refractivity contribution in [1.82, 2.24) is 5.32 Å². The molecule has 1 aliphatic rings. The third kappa shape index (κ3) is 6.65. The number of nitrogens with one attached hydrogen (secondary N) is 1. The van der Waals surface area contributed by atoms with E-state index in [0.717, 1.165) is 12.8 Å². The van der Waals surface area contributed by atoms with Crippen LogP contribution in [0, 0.1) is 0 Å². The number of rotatable bonds is 10. The van der Waals surface area contributed by atoms with Crippen molar-refractivity contribution >= 4 is 15.7 Å². The van der Waals surface area contributed by atoms with Crippen molar-refractivity contribution in [3.05, 3.63) is 0 Å². The minimum Gasteiger partial charge on any atom is -0.355 e. The molecular formula is C16H32N2O3S. The molecule has 3 N–H and O–H groups in total. The zero-order valence-electron chi connectivity index (χ0n) is 13.9. The second kappa shape index (κ2) is 10.2. The van der Waals surface area contributed by atoms with Gasteiger partial charge in [0.25, 0.3) is 0 Å². The zero-order valence-corrected chi connectivity index (χ0v) is 14.7. The van der Waals surface area contributed by atoms with Crippen LogP contribution in [-0.4, -0.2) is 37.9 Å². The van der Waals surface area contributed by atoms with Crippen molar-refractivity contribution in [1.29, 1.82) is 0 Å². The smallest absolute Gasteiger partial charge is 0.238 e. The van der Waals surface area contributed by atoms with E-state index in [4.69, 9.17) is 5.73 Å². The molecule has 22 heavy (non-hydrogen) atoms. The van der Waals surface area contributed by atoms with E-state index in [2.05, 4.69) is 12.2 Å². The molecular weight excluding hydrogens is 300 g/mol. The van der Waals surface area contributed by atoms with Gasteiger partial charge in [0, 0.05) is 6.54 Å². The SMILES string of the molecule is CCCCCCCCCCS(=O)(=O)C1CCCNC(=O)[C@@H]1N. The number of carbonyl (C=O) groups is 1. The van der Waals surface area contributed by atoms with Crippen molar-refractivity contribution in [2.45, 2.75) is 82.4 Å². The van der Waals surface area contributed by atoms with E-state index in [9.17, 15) is 13.2 Å². The maximum absolute atomic E-state index is 12.4. The minimum absolute atomic E-state index is 0.160. The second-order valence-corrected chi connectivity index (χ2v) is 8.68. The van der Waals surface area contributed by atoms with Gasteiger partial charge in [0.1, 0.15) is 6.04 Å². The summed E-state index contributed by atoms with van der Waals surface area (Å²) in [5, 5.41) is 1.96. The molecule has 0 aromatic heterocycles. The first-order valence-corrected chi connectivity index (χ1v) is 10.5. The van der Waals surface area contributed by atoms with Gasteiger partial charge in [0.05, 0.1) is 11.0 Å². The van der Waals surface area contributed by atoms with Crippen LogP contribution in [0.25, 0.3) is 0 Å². The third-order valence-electron chi connectivity index (χ3n) is 4.41. The number of hydrogen-bond donors (Lipinski definition) is 2. The molecule has 5 nitrogen and oxygen atoms in total. The summed E-state index contributed by atoms with van der Waals surface area (Å²) < 4.78 is 24.8. The molecule has 0 radical (unpaired) electrons. The first kappa shape index (κ1) is 19.4. The first-order valence-electron chi connectivity index (χ1n) is 8.74. The average Bonchev–Trinajstić information content (AvgIpc) is 2.64. The standard InChI is InChI=1S/C16H32N2O3S/c1-2-3-4-5-6-7-8-9-13-22(20,21)14-11-10-12-18-16(19)15(14)17/h14-15H,2-13,17H2,1H3,(H,18,19)/t14?,15-/m1/s1. The van der Waals surface area contributed by atoms with Crippen LogP contribution in [0.4, 0.5) is 0 Å². The molecule has 1 fully saturated rings. The monoisotopic (exact) mass is 332 g/mol. The lowest BCUT2D eigenvalue weighted by Crippen LogP contribution is -2.49. The van der Waals surface area contributed by atoms with E-state index in [1.807, 2.05) is 0 Å². The van der Waals surface area contributed by atoms with Gasteiger partial charge in [-0.1, -0.05) is 51.9 Å². The van der Waals surface area contributed by atoms with E-state index in [1.54, 1.807) is 0 Å². The second-order valence-electron chi connectivity index (χ2n) is 6.34. The fraction of sp³-hybridized carbons (Fsp3) is 0.938. The maximum Gasteiger partial charge on any atom is 0.238 e. The van der Waals surface area contributed by atoms with Crippen LogP contribution >= 0.6 is 0 Å². The lowest BCUT2D eigenvalue weighted by Gasteiger charge is -2.20. The molecule has 0 bridgehead atoms. The quantitative estimate of drug-likeness (QED) is 0.600. The molecule has 1 amide bonds. The Bertz CT molecular complexity index is 423. The van der Waals surface area contributed by atoms with E-state index < -0.39 is 21.1 Å². The Kier molecular flexibility index (Phi) is 9.02. The summed E-state index contributed by atoms with van der Waals surface area (Å²) in [7, 11) is -3.28. The topological polar surface area (TPSA) is 89.3 Å². The van der Waals surface area contributed by atoms with Gasteiger partial charge in [-0.05, 0) is 19.3 Å². The van der Waals surface area contributed by atoms with Gasteiger partial charge in [-0.3, -0.25) is 4.79 Å². The Hall–Kier alpha value is -0.620. The molecule has 1 unspecified atom stereocenters. The summed E-state index contributed by atoms with van der Waals surface area (Å²) in [5.41, 5.74) is 5.82. The number of nitrogens with two attached hydrogens (primary N) is 1. The molecule has 0 aliphatic carbocycles. The molecule has 1 rings (SSSR count). The van der Waals surface area contributed by atoms with Gasteiger partial charge in [0.2, 0.25) is 5.91 Å². The highest BCUT2D eigenvalue weighted by Gasteiger charge is 2.36. The highest BCUT2D eigenvalue weighted by atomic mass is 32.2. The molecule has 130 valence electrons. The summed E-state index contributed by atoms with van der Waals surface area (Å²) in [6.45, 7) is 2.72. The lowest BCUT2D eigenvalue weighted by atomic mass is 10.1. The van der Waals surface area contributed by atoms with Crippen LogP contribution in [0.1, 0.15) is 71.1 Å². The normalized spacial score (nSPS) is 23.1. The van der Waals surface area contributed by atoms with Crippen LogP contribution in [0.15, 0.2) is 0 Å². The Labute approximate surface area is 135 Å². The Balaban J connectivity index is 2.29. The van der Waals surface area contributed by atoms with Gasteiger partial charge >= 0.3 is 0 Å². The maximum atomic E-state index is 12.4. The van der Waals surface area contributed by atoms with Gasteiger partial charge < -0.3 is 11.1 Å². The van der Waals surface area contributed by atoms with E-state index in [1.165, 1.54) is 32.1 Å². The molecule has 1 saturated heterocycles. The molecule has 0 spiro atoms. The van der Waals surface area contributed by atoms with Gasteiger partial charge in [0.15, 0.2) is 9.84 Å². The summed E-state index contributed by atoms with van der Waals surface area (Å²) in [4.78, 5) is 11.7. The molecule has 1 heterocycles. The number of amides is 1. The largest absolute Gasteiger partial charge is 0.355 e. The fourth-order valence-electron chi connectivity index (χ4n) is 2.97. The predicted octanol–water partition coefficient (Wildman–Crippen LogP) is 2.15. The van der Waals surface area contributed by atoms with Crippen molar-refractivity contribution in [3.8, 4) is 0 Å². The van der Waals surface area contributed by atoms with E-state index in [-0.39, 0.29) is 11.7 Å². The van der Waals surface area contributed by atoms with Gasteiger partial charge in [-0.2, -0.15) is 0 Å². The van der Waals surface area contributed by atoms with E-state index >= 15 is 0 Å². The van der Waals surface area contributed by atoms with Crippen LogP contribution in [-0.2, 0) is 14.6 Å². The van der Waals surface area contributed by atoms with Crippen molar-refractivity contribution in [3.63, 3.8) is 0 Å². The van der Waals surface area contributed by atoms with Crippen LogP contribution in [0.5, 0.6) is 0 Å². The highest BCUT2D eigenvalue weighted by Crippen LogP contribution is 2.18. The van der Waals surface area contributed by atoms with Crippen LogP contribution in [0.3, 0.4) is 0 Å². The highest BCUT2D eigenvalue weighted by molar-refractivity contribution is 7.92. The van der Waals surface area contributed by atoms with Crippen molar-refractivity contribution in [2.24, 2.45) is 5.73 Å². The molecule has 6 heteroatoms. The third-order valence-corrected chi connectivity index (χ3v) is 6.72. The number of sulfone groups is 1. The number of unbranched alkanes of at least 4 members (excludes halogenated alkanes) is 7. The number of hydrogen-bond acceptors (Lipinski definition) is 4. The summed E-state index contributed by atoms with van der Waals surface area (Å²) >= 11 is 0. The Morgan fingerprint density at radius 2 is 1.68 bits per heavy atom. The molecule has 0 aromatic rings. The van der Waals surface area contributed by atoms with Crippen LogP contribution in [0.2, 0.25) is 0 Å². The summed E-state index contributed by atoms with van der Waals surface area (Å²) in [6, 6.07) is -0.915. The molecule has 0 saturated carbocycles. The molecule has 1 aliphatic heterocycles. The Morgan fingerprint density at radius 1 is 1.09 bits per heavy atom. The number of carbonyl (C=O) groups excluding carboxylic acids is 1. The molecule has 0 aromatic carbocycles. The van der Waals surface area contributed by atoms with E-state index in [0.29, 0.717) is 25.8 Å². The minimum atomic E-state index is -3.28. The zero-order chi connectivity index (χ0) is 16.4. The van der Waals surface area contributed by atoms with Gasteiger partial charge in [-0.25, -0.2) is 8.42 Å². The van der Waals surface area contributed by atoms with Crippen molar-refractivity contribution in [2.75, 3.05) is 12.3 Å². The van der Waals surface area contributed by atoms with Gasteiger partial charge in [-0.15, -0.1) is 0 Å². The lowest BCUT2D eigenvalue weighted by molar-refractivity contribution is -0.121.